The van der Waals surface area contributed by atoms with Crippen LogP contribution in [0, 0.1) is 0 Å². The largest absolute Gasteiger partial charge is 0.478 e. The summed E-state index contributed by atoms with van der Waals surface area (Å²) in [7, 11) is 3.36. The fourth-order valence-corrected chi connectivity index (χ4v) is 4.05. The van der Waals surface area contributed by atoms with E-state index in [0.717, 1.165) is 0 Å². The average molecular weight is 425 g/mol. The Kier molecular flexibility index (Phi) is 5.30. The van der Waals surface area contributed by atoms with E-state index in [0.29, 0.717) is 47.8 Å². The summed E-state index contributed by atoms with van der Waals surface area (Å²) in [6, 6.07) is -0.0654. The second kappa shape index (κ2) is 7.93. The van der Waals surface area contributed by atoms with Gasteiger partial charge in [-0.15, -0.1) is 5.10 Å². The minimum Gasteiger partial charge on any atom is -0.478 e. The van der Waals surface area contributed by atoms with Gasteiger partial charge in [0.1, 0.15) is 16.7 Å². The third kappa shape index (κ3) is 3.58. The molecule has 10 heteroatoms. The maximum absolute atomic E-state index is 13.5. The topological polar surface area (TPSA) is 99.2 Å². The molecule has 1 unspecified atom stereocenters. The van der Waals surface area contributed by atoms with Crippen LogP contribution in [0.4, 0.5) is 11.4 Å². The van der Waals surface area contributed by atoms with Crippen molar-refractivity contribution >= 4 is 28.3 Å². The van der Waals surface area contributed by atoms with Gasteiger partial charge in [0.25, 0.3) is 11.4 Å². The molecule has 1 atom stereocenters. The van der Waals surface area contributed by atoms with Crippen LogP contribution in [0.1, 0.15) is 32.4 Å². The van der Waals surface area contributed by atoms with E-state index in [1.807, 2.05) is 18.4 Å². The zero-order valence-electron chi connectivity index (χ0n) is 18.2. The molecule has 0 bridgehead atoms. The molecule has 0 radical (unpaired) electrons. The summed E-state index contributed by atoms with van der Waals surface area (Å²) in [6.07, 6.45) is 7.27. The monoisotopic (exact) mass is 425 g/mol. The Labute approximate surface area is 179 Å². The molecule has 31 heavy (non-hydrogen) atoms. The fraction of sp³-hybridized carbons (Fsp3) is 0.429. The summed E-state index contributed by atoms with van der Waals surface area (Å²) in [5, 5.41) is 7.61. The minimum atomic E-state index is -0.132. The fourth-order valence-electron chi connectivity index (χ4n) is 4.05. The Morgan fingerprint density at radius 1 is 1.35 bits per heavy atom. The second-order valence-corrected chi connectivity index (χ2v) is 7.98. The zero-order valence-corrected chi connectivity index (χ0v) is 18.2. The van der Waals surface area contributed by atoms with E-state index in [9.17, 15) is 9.59 Å². The highest BCUT2D eigenvalue weighted by atomic mass is 16.5. The van der Waals surface area contributed by atoms with Crippen LogP contribution in [0.25, 0.3) is 11.0 Å². The molecule has 4 rings (SSSR count). The van der Waals surface area contributed by atoms with Crippen LogP contribution in [0.15, 0.2) is 36.2 Å². The number of imidazole rings is 1. The Balaban J connectivity index is 1.84. The third-order valence-corrected chi connectivity index (χ3v) is 5.61. The number of pyridine rings is 1. The number of aryl methyl sites for hydroxylation is 1. The van der Waals surface area contributed by atoms with Crippen molar-refractivity contribution in [2.45, 2.75) is 32.4 Å². The molecule has 1 aliphatic rings. The number of likely N-dealkylation sites (tertiary alicyclic amines) is 1. The second-order valence-electron chi connectivity index (χ2n) is 7.98. The number of hydrogen-bond acceptors (Lipinski definition) is 6. The van der Waals surface area contributed by atoms with E-state index in [1.165, 1.54) is 6.08 Å². The van der Waals surface area contributed by atoms with Crippen molar-refractivity contribution in [3.05, 3.63) is 41.7 Å². The standard InChI is InChI=1S/C21H27N7O3/c1-6-17(29)26-8-7-14(9-26)27-11-15(23-16-10-25(4)24-20(16)31-5)18-19(21(27)30)28(12-22-18)13(2)3/h6,10-14,23H,1,7-9H2,2-5H3. The van der Waals surface area contributed by atoms with E-state index in [2.05, 4.69) is 22.0 Å². The maximum atomic E-state index is 13.5. The Morgan fingerprint density at radius 2 is 2.13 bits per heavy atom. The number of fused-ring (bicyclic) bond motifs is 1. The van der Waals surface area contributed by atoms with Gasteiger partial charge < -0.3 is 24.1 Å². The van der Waals surface area contributed by atoms with E-state index in [-0.39, 0.29) is 23.6 Å². The molecule has 0 aromatic carbocycles. The first-order valence-corrected chi connectivity index (χ1v) is 10.2. The number of aromatic nitrogens is 5. The van der Waals surface area contributed by atoms with Crippen molar-refractivity contribution in [2.75, 3.05) is 25.5 Å². The Hall–Kier alpha value is -3.56. The summed E-state index contributed by atoms with van der Waals surface area (Å²) in [5.41, 5.74) is 2.33. The van der Waals surface area contributed by atoms with Crippen LogP contribution in [0.3, 0.4) is 0 Å². The average Bonchev–Trinajstić information content (AvgIpc) is 3.47. The quantitative estimate of drug-likeness (QED) is 0.608. The SMILES string of the molecule is C=CC(=O)N1CCC(n2cc(Nc3cn(C)nc3OC)c3ncn(C(C)C)c3c2=O)C1. The van der Waals surface area contributed by atoms with Gasteiger partial charge in [-0.05, 0) is 26.3 Å². The highest BCUT2D eigenvalue weighted by molar-refractivity contribution is 5.90. The first-order valence-electron chi connectivity index (χ1n) is 10.2. The van der Waals surface area contributed by atoms with Gasteiger partial charge in [0.2, 0.25) is 5.91 Å². The van der Waals surface area contributed by atoms with Crippen LogP contribution in [0.5, 0.6) is 5.88 Å². The molecule has 0 saturated carbocycles. The molecule has 4 heterocycles. The molecule has 0 spiro atoms. The molecule has 0 aliphatic carbocycles. The van der Waals surface area contributed by atoms with Gasteiger partial charge in [-0.1, -0.05) is 6.58 Å². The van der Waals surface area contributed by atoms with Crippen LogP contribution in [0.2, 0.25) is 0 Å². The number of amides is 1. The number of hydrogen-bond donors (Lipinski definition) is 1. The molecule has 1 N–H and O–H groups in total. The normalized spacial score (nSPS) is 16.3. The van der Waals surface area contributed by atoms with Gasteiger partial charge >= 0.3 is 0 Å². The number of carbonyl (C=O) groups excluding carboxylic acids is 1. The van der Waals surface area contributed by atoms with Crippen molar-refractivity contribution in [3.8, 4) is 5.88 Å². The van der Waals surface area contributed by atoms with E-state index in [1.54, 1.807) is 47.0 Å². The predicted octanol–water partition coefficient (Wildman–Crippen LogP) is 2.22. The van der Waals surface area contributed by atoms with Gasteiger partial charge in [-0.3, -0.25) is 14.3 Å². The lowest BCUT2D eigenvalue weighted by Crippen LogP contribution is -2.31. The number of anilines is 2. The lowest BCUT2D eigenvalue weighted by atomic mass is 10.2. The van der Waals surface area contributed by atoms with Crippen LogP contribution < -0.4 is 15.6 Å². The van der Waals surface area contributed by atoms with Gasteiger partial charge in [-0.25, -0.2) is 4.98 Å². The summed E-state index contributed by atoms with van der Waals surface area (Å²) in [5.74, 6) is 0.322. The summed E-state index contributed by atoms with van der Waals surface area (Å²) in [6.45, 7) is 8.63. The van der Waals surface area contributed by atoms with Crippen molar-refractivity contribution in [3.63, 3.8) is 0 Å². The molecule has 10 nitrogen and oxygen atoms in total. The van der Waals surface area contributed by atoms with E-state index >= 15 is 0 Å². The molecular weight excluding hydrogens is 398 g/mol. The minimum absolute atomic E-state index is 0.0664. The third-order valence-electron chi connectivity index (χ3n) is 5.61. The van der Waals surface area contributed by atoms with E-state index < -0.39 is 0 Å². The summed E-state index contributed by atoms with van der Waals surface area (Å²) in [4.78, 5) is 31.8. The van der Waals surface area contributed by atoms with E-state index in [4.69, 9.17) is 4.74 Å². The van der Waals surface area contributed by atoms with Crippen LogP contribution in [-0.2, 0) is 11.8 Å². The number of nitrogens with zero attached hydrogens (tertiary/aromatic N) is 6. The van der Waals surface area contributed by atoms with Gasteiger partial charge in [0.05, 0.1) is 31.4 Å². The summed E-state index contributed by atoms with van der Waals surface area (Å²) < 4.78 is 10.6. The number of ether oxygens (including phenoxy) is 1. The number of carbonyl (C=O) groups is 1. The molecule has 3 aromatic heterocycles. The Morgan fingerprint density at radius 3 is 2.81 bits per heavy atom. The number of rotatable bonds is 6. The molecule has 1 amide bonds. The highest BCUT2D eigenvalue weighted by Crippen LogP contribution is 2.31. The molecule has 1 saturated heterocycles. The molecule has 164 valence electrons. The van der Waals surface area contributed by atoms with Crippen LogP contribution in [-0.4, -0.2) is 54.9 Å². The van der Waals surface area contributed by atoms with Gasteiger partial charge in [0.15, 0.2) is 0 Å². The molecule has 1 aliphatic heterocycles. The Bertz CT molecular complexity index is 1200. The smallest absolute Gasteiger partial charge is 0.277 e. The number of nitrogens with one attached hydrogen (secondary N) is 1. The van der Waals surface area contributed by atoms with Crippen LogP contribution >= 0.6 is 0 Å². The lowest BCUT2D eigenvalue weighted by Gasteiger charge is -2.19. The molecule has 1 fully saturated rings. The molecular formula is C21H27N7O3. The maximum Gasteiger partial charge on any atom is 0.277 e. The first kappa shape index (κ1) is 20.7. The van der Waals surface area contributed by atoms with Gasteiger partial charge in [0, 0.05) is 32.4 Å². The number of methoxy groups -OCH3 is 1. The van der Waals surface area contributed by atoms with Crippen molar-refractivity contribution in [2.24, 2.45) is 7.05 Å². The summed E-state index contributed by atoms with van der Waals surface area (Å²) >= 11 is 0. The van der Waals surface area contributed by atoms with Crippen molar-refractivity contribution < 1.29 is 9.53 Å². The lowest BCUT2D eigenvalue weighted by molar-refractivity contribution is -0.125. The zero-order chi connectivity index (χ0) is 22.3. The van der Waals surface area contributed by atoms with Gasteiger partial charge in [-0.2, -0.15) is 0 Å². The molecule has 3 aromatic rings. The van der Waals surface area contributed by atoms with Crippen molar-refractivity contribution in [1.82, 2.24) is 28.8 Å². The highest BCUT2D eigenvalue weighted by Gasteiger charge is 2.29. The predicted molar refractivity (Wildman–Crippen MR) is 118 cm³/mol. The van der Waals surface area contributed by atoms with Crippen molar-refractivity contribution in [1.29, 1.82) is 0 Å². The first-order chi connectivity index (χ1) is 14.8.